The molecule has 2 amide bonds. The van der Waals surface area contributed by atoms with Crippen molar-refractivity contribution in [2.45, 2.75) is 75.0 Å². The van der Waals surface area contributed by atoms with E-state index in [1.807, 2.05) is 67.6 Å². The average molecular weight is 623 g/mol. The Morgan fingerprint density at radius 1 is 0.933 bits per heavy atom. The number of benzene rings is 2. The molecular weight excluding hydrogens is 581 g/mol. The van der Waals surface area contributed by atoms with Crippen molar-refractivity contribution in [3.8, 4) is 5.69 Å². The van der Waals surface area contributed by atoms with Crippen LogP contribution in [-0.2, 0) is 5.41 Å². The third kappa shape index (κ3) is 7.23. The maximum Gasteiger partial charge on any atom is 0.324 e. The molecule has 5 aromatic rings. The molecule has 0 unspecified atom stereocenters. The van der Waals surface area contributed by atoms with Crippen molar-refractivity contribution in [1.82, 2.24) is 29.3 Å². The molecular formula is C35H42N8OS. The highest BCUT2D eigenvalue weighted by atomic mass is 32.2. The van der Waals surface area contributed by atoms with Gasteiger partial charge in [-0.2, -0.15) is 5.10 Å². The van der Waals surface area contributed by atoms with Crippen LogP contribution in [0.1, 0.15) is 70.0 Å². The molecule has 2 aromatic carbocycles. The molecule has 2 N–H and O–H groups in total. The first kappa shape index (κ1) is 30.9. The van der Waals surface area contributed by atoms with Crippen LogP contribution >= 0.6 is 11.8 Å². The average Bonchev–Trinajstić information content (AvgIpc) is 3.64. The van der Waals surface area contributed by atoms with Gasteiger partial charge in [-0.25, -0.2) is 9.48 Å². The summed E-state index contributed by atoms with van der Waals surface area (Å²) in [4.78, 5) is 17.8. The third-order valence-corrected chi connectivity index (χ3v) is 9.22. The molecule has 10 heteroatoms. The number of amides is 2. The summed E-state index contributed by atoms with van der Waals surface area (Å²) >= 11 is 1.68. The molecule has 45 heavy (non-hydrogen) atoms. The molecule has 0 saturated carbocycles. The number of nitrogens with one attached hydrogen (secondary N) is 2. The zero-order chi connectivity index (χ0) is 31.6. The van der Waals surface area contributed by atoms with Crippen LogP contribution < -0.4 is 10.6 Å². The quantitative estimate of drug-likeness (QED) is 0.183. The van der Waals surface area contributed by atoms with Gasteiger partial charge in [0.05, 0.1) is 11.4 Å². The zero-order valence-electron chi connectivity index (χ0n) is 26.7. The Balaban J connectivity index is 1.11. The first-order chi connectivity index (χ1) is 21.7. The van der Waals surface area contributed by atoms with Crippen LogP contribution in [0.15, 0.2) is 82.7 Å². The Morgan fingerprint density at radius 2 is 1.64 bits per heavy atom. The largest absolute Gasteiger partial charge is 0.324 e. The highest BCUT2D eigenvalue weighted by Crippen LogP contribution is 2.32. The fourth-order valence-electron chi connectivity index (χ4n) is 5.70. The number of aryl methyl sites for hydroxylation is 1. The predicted octanol–water partition coefficient (Wildman–Crippen LogP) is 7.91. The number of fused-ring (bicyclic) bond motifs is 1. The van der Waals surface area contributed by atoms with Crippen molar-refractivity contribution in [2.75, 3.05) is 30.3 Å². The molecule has 0 bridgehead atoms. The van der Waals surface area contributed by atoms with Gasteiger partial charge in [0.15, 0.2) is 5.65 Å². The lowest BCUT2D eigenvalue weighted by Gasteiger charge is -2.30. The van der Waals surface area contributed by atoms with Gasteiger partial charge in [0, 0.05) is 39.1 Å². The van der Waals surface area contributed by atoms with E-state index in [-0.39, 0.29) is 11.4 Å². The predicted molar refractivity (Wildman–Crippen MR) is 182 cm³/mol. The number of carbonyl (C=O) groups is 1. The summed E-state index contributed by atoms with van der Waals surface area (Å²) in [5.41, 5.74) is 4.38. The third-order valence-electron chi connectivity index (χ3n) is 8.24. The van der Waals surface area contributed by atoms with Gasteiger partial charge in [0.25, 0.3) is 0 Å². The Kier molecular flexibility index (Phi) is 8.96. The van der Waals surface area contributed by atoms with Crippen LogP contribution in [0.5, 0.6) is 0 Å². The fraction of sp³-hybridized carbons (Fsp3) is 0.371. The molecule has 1 aliphatic heterocycles. The topological polar surface area (TPSA) is 92.4 Å². The summed E-state index contributed by atoms with van der Waals surface area (Å²) < 4.78 is 3.95. The van der Waals surface area contributed by atoms with Crippen LogP contribution in [0.4, 0.5) is 16.3 Å². The number of hydrogen-bond acceptors (Lipinski definition) is 6. The van der Waals surface area contributed by atoms with E-state index < -0.39 is 0 Å². The van der Waals surface area contributed by atoms with Gasteiger partial charge < -0.3 is 10.2 Å². The summed E-state index contributed by atoms with van der Waals surface area (Å²) in [5.74, 6) is 2.11. The van der Waals surface area contributed by atoms with Crippen LogP contribution in [0.2, 0.25) is 0 Å². The molecule has 0 spiro atoms. The summed E-state index contributed by atoms with van der Waals surface area (Å²) in [6.45, 7) is 14.0. The van der Waals surface area contributed by atoms with E-state index in [4.69, 9.17) is 5.10 Å². The molecule has 0 atom stereocenters. The first-order valence-electron chi connectivity index (χ1n) is 15.8. The highest BCUT2D eigenvalue weighted by Gasteiger charge is 2.24. The van der Waals surface area contributed by atoms with Gasteiger partial charge in [0.2, 0.25) is 0 Å². The molecule has 9 nitrogen and oxygen atoms in total. The number of anilines is 2. The summed E-state index contributed by atoms with van der Waals surface area (Å²) in [6, 6.07) is 21.7. The first-order valence-corrected chi connectivity index (χ1v) is 16.6. The molecule has 6 rings (SSSR count). The number of urea groups is 1. The standard InChI is InChI=1S/C35H42N8OS/c1-6-19-41-20-17-25(18-21-41)33-39-38-31-16-15-29(23-42(31)33)45-28-13-9-26(10-14-28)36-34(44)37-32-22-30(35(3,4)5)40-43(32)27-11-7-24(2)8-12-27/h7-16,22-23,25H,6,17-21H2,1-5H3,(H2,36,37,44). The van der Waals surface area contributed by atoms with E-state index in [1.54, 1.807) is 16.4 Å². The van der Waals surface area contributed by atoms with Gasteiger partial charge in [-0.05, 0) is 94.4 Å². The van der Waals surface area contributed by atoms with Crippen molar-refractivity contribution in [1.29, 1.82) is 0 Å². The molecule has 1 saturated heterocycles. The summed E-state index contributed by atoms with van der Waals surface area (Å²) in [7, 11) is 0. The highest BCUT2D eigenvalue weighted by molar-refractivity contribution is 7.99. The van der Waals surface area contributed by atoms with Crippen LogP contribution in [0.25, 0.3) is 11.3 Å². The number of aromatic nitrogens is 5. The Labute approximate surface area is 269 Å². The maximum absolute atomic E-state index is 13.1. The minimum absolute atomic E-state index is 0.164. The zero-order valence-corrected chi connectivity index (χ0v) is 27.6. The molecule has 4 heterocycles. The lowest BCUT2D eigenvalue weighted by Crippen LogP contribution is -2.33. The van der Waals surface area contributed by atoms with Crippen molar-refractivity contribution >= 4 is 34.9 Å². The van der Waals surface area contributed by atoms with Crippen molar-refractivity contribution in [3.63, 3.8) is 0 Å². The van der Waals surface area contributed by atoms with Gasteiger partial charge in [-0.3, -0.25) is 9.72 Å². The van der Waals surface area contributed by atoms with E-state index in [1.165, 1.54) is 18.5 Å². The van der Waals surface area contributed by atoms with Crippen molar-refractivity contribution in [2.24, 2.45) is 0 Å². The molecule has 0 aliphatic carbocycles. The summed E-state index contributed by atoms with van der Waals surface area (Å²) in [5, 5.41) is 19.8. The van der Waals surface area contributed by atoms with Crippen LogP contribution in [0.3, 0.4) is 0 Å². The lowest BCUT2D eigenvalue weighted by molar-refractivity contribution is 0.209. The van der Waals surface area contributed by atoms with E-state index >= 15 is 0 Å². The second-order valence-corrected chi connectivity index (χ2v) is 14.0. The maximum atomic E-state index is 13.1. The molecule has 1 fully saturated rings. The fourth-order valence-corrected chi connectivity index (χ4v) is 6.54. The van der Waals surface area contributed by atoms with E-state index in [2.05, 4.69) is 70.1 Å². The number of nitrogens with zero attached hydrogens (tertiary/aromatic N) is 6. The van der Waals surface area contributed by atoms with E-state index in [0.29, 0.717) is 17.4 Å². The monoisotopic (exact) mass is 622 g/mol. The minimum Gasteiger partial charge on any atom is -0.308 e. The lowest BCUT2D eigenvalue weighted by atomic mass is 9.92. The van der Waals surface area contributed by atoms with E-state index in [9.17, 15) is 4.79 Å². The number of rotatable bonds is 8. The van der Waals surface area contributed by atoms with Gasteiger partial charge in [0.1, 0.15) is 11.6 Å². The van der Waals surface area contributed by atoms with Gasteiger partial charge in [-0.1, -0.05) is 57.2 Å². The Morgan fingerprint density at radius 3 is 2.33 bits per heavy atom. The molecule has 0 radical (unpaired) electrons. The number of pyridine rings is 1. The van der Waals surface area contributed by atoms with Crippen molar-refractivity contribution < 1.29 is 4.79 Å². The van der Waals surface area contributed by atoms with Gasteiger partial charge in [-0.15, -0.1) is 10.2 Å². The SMILES string of the molecule is CCCN1CCC(c2nnc3ccc(Sc4ccc(NC(=O)Nc5cc(C(C)(C)C)nn5-c5ccc(C)cc5)cc4)cn23)CC1. The van der Waals surface area contributed by atoms with Gasteiger partial charge >= 0.3 is 6.03 Å². The number of hydrogen-bond donors (Lipinski definition) is 2. The van der Waals surface area contributed by atoms with E-state index in [0.717, 1.165) is 58.6 Å². The number of piperidine rings is 1. The second kappa shape index (κ2) is 13.1. The Hall–Kier alpha value is -4.15. The smallest absolute Gasteiger partial charge is 0.308 e. The van der Waals surface area contributed by atoms with Crippen LogP contribution in [0, 0.1) is 6.92 Å². The minimum atomic E-state index is -0.324. The van der Waals surface area contributed by atoms with Crippen molar-refractivity contribution in [3.05, 3.63) is 90.0 Å². The Bertz CT molecular complexity index is 1760. The summed E-state index contributed by atoms with van der Waals surface area (Å²) in [6.07, 6.45) is 5.58. The molecule has 1 aliphatic rings. The second-order valence-electron chi connectivity index (χ2n) is 12.9. The molecule has 3 aromatic heterocycles. The van der Waals surface area contributed by atoms with Crippen LogP contribution in [-0.4, -0.2) is 54.9 Å². The number of carbonyl (C=O) groups excluding carboxylic acids is 1. The normalized spacial score (nSPS) is 14.6. The molecule has 234 valence electrons. The number of likely N-dealkylation sites (tertiary alicyclic amines) is 1.